The molecule has 0 saturated carbocycles. The first-order chi connectivity index (χ1) is 9.83. The fourth-order valence-corrected chi connectivity index (χ4v) is 1.81. The Labute approximate surface area is 118 Å². The molecule has 1 N–H and O–H groups in total. The molecule has 108 valence electrons. The maximum Gasteiger partial charge on any atom is 0.196 e. The predicted octanol–water partition coefficient (Wildman–Crippen LogP) is 2.13. The molecule has 0 aliphatic heterocycles. The first-order valence-electron chi connectivity index (χ1n) is 6.62. The first-order valence-corrected chi connectivity index (χ1v) is 6.62. The Kier molecular flexibility index (Phi) is 5.58. The van der Waals surface area contributed by atoms with E-state index in [-0.39, 0.29) is 0 Å². The number of aromatic nitrogens is 1. The summed E-state index contributed by atoms with van der Waals surface area (Å²) in [4.78, 5) is 4.28. The van der Waals surface area contributed by atoms with Crippen LogP contribution >= 0.6 is 0 Å². The molecule has 1 aromatic carbocycles. The molecule has 0 saturated heterocycles. The van der Waals surface area contributed by atoms with Gasteiger partial charge in [-0.2, -0.15) is 0 Å². The molecule has 0 unspecified atom stereocenters. The first kappa shape index (κ1) is 14.6. The molecule has 0 amide bonds. The second-order valence-electron chi connectivity index (χ2n) is 4.34. The Balaban J connectivity index is 1.87. The van der Waals surface area contributed by atoms with Crippen LogP contribution in [0, 0.1) is 0 Å². The van der Waals surface area contributed by atoms with Crippen LogP contribution < -0.4 is 10.1 Å². The molecule has 2 rings (SSSR count). The van der Waals surface area contributed by atoms with Crippen molar-refractivity contribution in [2.45, 2.75) is 6.42 Å². The lowest BCUT2D eigenvalue weighted by atomic mass is 10.2. The number of oxazole rings is 1. The summed E-state index contributed by atoms with van der Waals surface area (Å²) in [5.41, 5.74) is 0.997. The van der Waals surface area contributed by atoms with Crippen molar-refractivity contribution in [2.75, 3.05) is 33.9 Å². The number of rotatable bonds is 8. The van der Waals surface area contributed by atoms with Crippen molar-refractivity contribution < 1.29 is 13.9 Å². The normalized spacial score (nSPS) is 10.7. The van der Waals surface area contributed by atoms with E-state index in [4.69, 9.17) is 13.9 Å². The van der Waals surface area contributed by atoms with E-state index in [1.54, 1.807) is 20.4 Å². The molecule has 0 spiro atoms. The summed E-state index contributed by atoms with van der Waals surface area (Å²) in [6.45, 7) is 2.37. The van der Waals surface area contributed by atoms with E-state index >= 15 is 0 Å². The molecule has 20 heavy (non-hydrogen) atoms. The highest BCUT2D eigenvalue weighted by molar-refractivity contribution is 5.57. The third kappa shape index (κ3) is 4.08. The van der Waals surface area contributed by atoms with Gasteiger partial charge < -0.3 is 19.2 Å². The van der Waals surface area contributed by atoms with Crippen molar-refractivity contribution in [1.29, 1.82) is 0 Å². The fourth-order valence-electron chi connectivity index (χ4n) is 1.81. The van der Waals surface area contributed by atoms with Crippen molar-refractivity contribution in [3.05, 3.63) is 36.4 Å². The summed E-state index contributed by atoms with van der Waals surface area (Å²) in [6.07, 6.45) is 2.52. The third-order valence-corrected chi connectivity index (χ3v) is 2.93. The van der Waals surface area contributed by atoms with E-state index in [2.05, 4.69) is 10.3 Å². The molecule has 0 bridgehead atoms. The molecule has 0 aliphatic carbocycles. The summed E-state index contributed by atoms with van der Waals surface area (Å²) < 4.78 is 15.8. The average Bonchev–Trinajstić information content (AvgIpc) is 2.96. The second kappa shape index (κ2) is 7.67. The van der Waals surface area contributed by atoms with Crippen LogP contribution in [0.5, 0.6) is 5.75 Å². The van der Waals surface area contributed by atoms with E-state index in [0.717, 1.165) is 42.5 Å². The summed E-state index contributed by atoms with van der Waals surface area (Å²) in [6, 6.07) is 7.73. The Morgan fingerprint density at radius 3 is 2.65 bits per heavy atom. The van der Waals surface area contributed by atoms with Gasteiger partial charge in [0.25, 0.3) is 0 Å². The van der Waals surface area contributed by atoms with Crippen molar-refractivity contribution in [1.82, 2.24) is 10.3 Å². The minimum absolute atomic E-state index is 0.711. The zero-order valence-electron chi connectivity index (χ0n) is 11.9. The van der Waals surface area contributed by atoms with E-state index < -0.39 is 0 Å². The van der Waals surface area contributed by atoms with Gasteiger partial charge in [0.05, 0.1) is 19.9 Å². The third-order valence-electron chi connectivity index (χ3n) is 2.93. The van der Waals surface area contributed by atoms with Gasteiger partial charge in [-0.25, -0.2) is 4.98 Å². The van der Waals surface area contributed by atoms with Gasteiger partial charge >= 0.3 is 0 Å². The van der Waals surface area contributed by atoms with Crippen LogP contribution in [0.25, 0.3) is 11.3 Å². The highest BCUT2D eigenvalue weighted by Crippen LogP contribution is 2.23. The molecular formula is C15H20N2O3. The van der Waals surface area contributed by atoms with Crippen LogP contribution in [0.1, 0.15) is 5.89 Å². The standard InChI is InChI=1S/C15H20N2O3/c1-18-10-9-16-8-7-15-17-11-14(20-15)12-3-5-13(19-2)6-4-12/h3-6,11,16H,7-10H2,1-2H3. The van der Waals surface area contributed by atoms with E-state index in [0.29, 0.717) is 6.61 Å². The Hall–Kier alpha value is -1.85. The maximum absolute atomic E-state index is 5.73. The smallest absolute Gasteiger partial charge is 0.196 e. The number of hydrogen-bond acceptors (Lipinski definition) is 5. The van der Waals surface area contributed by atoms with Gasteiger partial charge in [0, 0.05) is 32.2 Å². The Morgan fingerprint density at radius 1 is 1.15 bits per heavy atom. The molecule has 0 fully saturated rings. The van der Waals surface area contributed by atoms with Gasteiger partial charge in [0.1, 0.15) is 5.75 Å². The predicted molar refractivity (Wildman–Crippen MR) is 76.9 cm³/mol. The molecule has 0 aliphatic rings. The van der Waals surface area contributed by atoms with Crippen LogP contribution in [0.4, 0.5) is 0 Å². The lowest BCUT2D eigenvalue weighted by Crippen LogP contribution is -2.21. The molecule has 5 heteroatoms. The molecule has 2 aromatic rings. The van der Waals surface area contributed by atoms with E-state index in [1.165, 1.54) is 0 Å². The number of nitrogens with zero attached hydrogens (tertiary/aromatic N) is 1. The summed E-state index contributed by atoms with van der Waals surface area (Å²) in [7, 11) is 3.34. The monoisotopic (exact) mass is 276 g/mol. The fraction of sp³-hybridized carbons (Fsp3) is 0.400. The lowest BCUT2D eigenvalue weighted by molar-refractivity contribution is 0.199. The summed E-state index contributed by atoms with van der Waals surface area (Å²) >= 11 is 0. The van der Waals surface area contributed by atoms with E-state index in [9.17, 15) is 0 Å². The van der Waals surface area contributed by atoms with Gasteiger partial charge in [-0.15, -0.1) is 0 Å². The van der Waals surface area contributed by atoms with Gasteiger partial charge in [-0.3, -0.25) is 0 Å². The molecule has 1 heterocycles. The lowest BCUT2D eigenvalue weighted by Gasteiger charge is -2.01. The quantitative estimate of drug-likeness (QED) is 0.748. The zero-order valence-corrected chi connectivity index (χ0v) is 11.9. The Bertz CT molecular complexity index is 508. The zero-order chi connectivity index (χ0) is 14.2. The number of hydrogen-bond donors (Lipinski definition) is 1. The van der Waals surface area contributed by atoms with Crippen LogP contribution in [0.2, 0.25) is 0 Å². The van der Waals surface area contributed by atoms with Crippen molar-refractivity contribution in [2.24, 2.45) is 0 Å². The van der Waals surface area contributed by atoms with E-state index in [1.807, 2.05) is 24.3 Å². The van der Waals surface area contributed by atoms with Crippen molar-refractivity contribution >= 4 is 0 Å². The van der Waals surface area contributed by atoms with Gasteiger partial charge in [0.15, 0.2) is 11.7 Å². The number of nitrogens with one attached hydrogen (secondary N) is 1. The van der Waals surface area contributed by atoms with Crippen LogP contribution in [-0.2, 0) is 11.2 Å². The van der Waals surface area contributed by atoms with Crippen LogP contribution in [0.15, 0.2) is 34.9 Å². The largest absolute Gasteiger partial charge is 0.497 e. The van der Waals surface area contributed by atoms with Crippen molar-refractivity contribution in [3.8, 4) is 17.1 Å². The maximum atomic E-state index is 5.73. The SMILES string of the molecule is COCCNCCc1ncc(-c2ccc(OC)cc2)o1. The number of benzene rings is 1. The number of ether oxygens (including phenoxy) is 2. The van der Waals surface area contributed by atoms with Gasteiger partial charge in [0.2, 0.25) is 0 Å². The molecular weight excluding hydrogens is 256 g/mol. The molecule has 0 radical (unpaired) electrons. The minimum atomic E-state index is 0.711. The Morgan fingerprint density at radius 2 is 1.95 bits per heavy atom. The molecule has 1 aromatic heterocycles. The van der Waals surface area contributed by atoms with Crippen LogP contribution in [0.3, 0.4) is 0 Å². The van der Waals surface area contributed by atoms with Crippen molar-refractivity contribution in [3.63, 3.8) is 0 Å². The highest BCUT2D eigenvalue weighted by Gasteiger charge is 2.06. The second-order valence-corrected chi connectivity index (χ2v) is 4.34. The molecule has 0 atom stereocenters. The van der Waals surface area contributed by atoms with Gasteiger partial charge in [-0.1, -0.05) is 0 Å². The number of methoxy groups -OCH3 is 2. The molecule has 5 nitrogen and oxygen atoms in total. The van der Waals surface area contributed by atoms with Gasteiger partial charge in [-0.05, 0) is 24.3 Å². The average molecular weight is 276 g/mol. The highest BCUT2D eigenvalue weighted by atomic mass is 16.5. The topological polar surface area (TPSA) is 56.5 Å². The summed E-state index contributed by atoms with van der Waals surface area (Å²) in [5, 5.41) is 3.26. The minimum Gasteiger partial charge on any atom is -0.497 e. The summed E-state index contributed by atoms with van der Waals surface area (Å²) in [5.74, 6) is 2.34. The van der Waals surface area contributed by atoms with Crippen LogP contribution in [-0.4, -0.2) is 38.9 Å².